The second-order valence-corrected chi connectivity index (χ2v) is 2.61. The fraction of sp³-hybridized carbons (Fsp3) is 0.571. The van der Waals surface area contributed by atoms with Crippen LogP contribution in [0.2, 0.25) is 0 Å². The van der Waals surface area contributed by atoms with Crippen molar-refractivity contribution in [2.24, 2.45) is 0 Å². The Bertz CT molecular complexity index is 227. The normalized spacial score (nSPS) is 17.3. The van der Waals surface area contributed by atoms with Gasteiger partial charge in [-0.25, -0.2) is 4.98 Å². The van der Waals surface area contributed by atoms with Crippen LogP contribution in [0.25, 0.3) is 0 Å². The first-order valence-corrected chi connectivity index (χ1v) is 3.49. The molecule has 54 valence electrons. The smallest absolute Gasteiger partial charge is 0.210 e. The highest BCUT2D eigenvalue weighted by atomic mass is 16.5. The van der Waals surface area contributed by atoms with E-state index in [9.17, 15) is 0 Å². The lowest BCUT2D eigenvalue weighted by atomic mass is 10.4. The third-order valence-corrected chi connectivity index (χ3v) is 1.76. The van der Waals surface area contributed by atoms with Crippen LogP contribution in [0.15, 0.2) is 6.20 Å². The molecule has 0 saturated heterocycles. The zero-order chi connectivity index (χ0) is 6.97. The summed E-state index contributed by atoms with van der Waals surface area (Å²) >= 11 is 0. The summed E-state index contributed by atoms with van der Waals surface area (Å²) in [5, 5.41) is 0. The van der Waals surface area contributed by atoms with Crippen molar-refractivity contribution in [1.29, 1.82) is 0 Å². The second-order valence-electron chi connectivity index (χ2n) is 2.61. The van der Waals surface area contributed by atoms with E-state index in [1.54, 1.807) is 13.3 Å². The van der Waals surface area contributed by atoms with Gasteiger partial charge >= 0.3 is 0 Å². The molecule has 0 atom stereocenters. The summed E-state index contributed by atoms with van der Waals surface area (Å²) in [6, 6.07) is 0. The van der Waals surface area contributed by atoms with Crippen molar-refractivity contribution in [3.05, 3.63) is 12.0 Å². The summed E-state index contributed by atoms with van der Waals surface area (Å²) in [6.45, 7) is 0. The van der Waals surface area contributed by atoms with Crippen molar-refractivity contribution in [2.75, 3.05) is 7.11 Å². The Morgan fingerprint density at radius 3 is 3.00 bits per heavy atom. The fourth-order valence-corrected chi connectivity index (χ4v) is 0.987. The standard InChI is InChI=1S/C7H10N2O/c1-10-6-4-8-7(9-6)5-2-3-5/h4-5H,2-3H2,1H3,(H,8,9). The van der Waals surface area contributed by atoms with E-state index in [1.807, 2.05) is 0 Å². The zero-order valence-corrected chi connectivity index (χ0v) is 5.92. The average Bonchev–Trinajstić information content (AvgIpc) is 2.70. The van der Waals surface area contributed by atoms with E-state index in [1.165, 1.54) is 12.8 Å². The van der Waals surface area contributed by atoms with Crippen LogP contribution < -0.4 is 4.74 Å². The molecule has 0 unspecified atom stereocenters. The number of rotatable bonds is 2. The van der Waals surface area contributed by atoms with E-state index in [0.29, 0.717) is 5.92 Å². The number of hydrogen-bond acceptors (Lipinski definition) is 2. The SMILES string of the molecule is COc1cnc(C2CC2)[nH]1. The molecule has 0 amide bonds. The van der Waals surface area contributed by atoms with Crippen molar-refractivity contribution < 1.29 is 4.74 Å². The van der Waals surface area contributed by atoms with Crippen LogP contribution >= 0.6 is 0 Å². The van der Waals surface area contributed by atoms with E-state index in [0.717, 1.165) is 11.7 Å². The maximum Gasteiger partial charge on any atom is 0.210 e. The van der Waals surface area contributed by atoms with Gasteiger partial charge in [-0.2, -0.15) is 0 Å². The van der Waals surface area contributed by atoms with Crippen LogP contribution in [0, 0.1) is 0 Å². The maximum atomic E-state index is 4.95. The van der Waals surface area contributed by atoms with E-state index < -0.39 is 0 Å². The van der Waals surface area contributed by atoms with Gasteiger partial charge in [-0.15, -0.1) is 0 Å². The average molecular weight is 138 g/mol. The number of aromatic amines is 1. The highest BCUT2D eigenvalue weighted by molar-refractivity contribution is 5.13. The van der Waals surface area contributed by atoms with Crippen molar-refractivity contribution in [3.63, 3.8) is 0 Å². The number of methoxy groups -OCH3 is 1. The van der Waals surface area contributed by atoms with Gasteiger partial charge in [-0.05, 0) is 12.8 Å². The number of nitrogens with one attached hydrogen (secondary N) is 1. The molecule has 1 aromatic heterocycles. The molecule has 1 aromatic rings. The zero-order valence-electron chi connectivity index (χ0n) is 5.92. The van der Waals surface area contributed by atoms with E-state index in [4.69, 9.17) is 4.74 Å². The first kappa shape index (κ1) is 5.77. The summed E-state index contributed by atoms with van der Waals surface area (Å²) in [6.07, 6.45) is 4.28. The summed E-state index contributed by atoms with van der Waals surface area (Å²) in [7, 11) is 1.64. The Balaban J connectivity index is 2.19. The largest absolute Gasteiger partial charge is 0.481 e. The summed E-state index contributed by atoms with van der Waals surface area (Å²) in [5.41, 5.74) is 0. The molecule has 0 bridgehead atoms. The van der Waals surface area contributed by atoms with Crippen LogP contribution in [0.4, 0.5) is 0 Å². The molecule has 1 fully saturated rings. The maximum absolute atomic E-state index is 4.95. The van der Waals surface area contributed by atoms with Crippen LogP contribution in [0.5, 0.6) is 5.88 Å². The Morgan fingerprint density at radius 2 is 2.50 bits per heavy atom. The number of aromatic nitrogens is 2. The van der Waals surface area contributed by atoms with Gasteiger partial charge in [0.15, 0.2) is 0 Å². The minimum Gasteiger partial charge on any atom is -0.481 e. The molecule has 1 heterocycles. The van der Waals surface area contributed by atoms with Gasteiger partial charge in [-0.3, -0.25) is 0 Å². The lowest BCUT2D eigenvalue weighted by molar-refractivity contribution is 0.399. The van der Waals surface area contributed by atoms with Gasteiger partial charge < -0.3 is 9.72 Å². The molecule has 10 heavy (non-hydrogen) atoms. The third-order valence-electron chi connectivity index (χ3n) is 1.76. The molecule has 3 heteroatoms. The lowest BCUT2D eigenvalue weighted by Gasteiger charge is -1.90. The Morgan fingerprint density at radius 1 is 1.70 bits per heavy atom. The monoisotopic (exact) mass is 138 g/mol. The lowest BCUT2D eigenvalue weighted by Crippen LogP contribution is -1.83. The third kappa shape index (κ3) is 0.875. The van der Waals surface area contributed by atoms with Crippen molar-refractivity contribution >= 4 is 0 Å². The minimum absolute atomic E-state index is 0.684. The molecule has 0 aliphatic heterocycles. The molecule has 1 aliphatic rings. The molecule has 3 nitrogen and oxygen atoms in total. The number of imidazole rings is 1. The number of nitrogens with zero attached hydrogens (tertiary/aromatic N) is 1. The van der Waals surface area contributed by atoms with Gasteiger partial charge in [0, 0.05) is 5.92 Å². The quantitative estimate of drug-likeness (QED) is 0.668. The molecule has 0 radical (unpaired) electrons. The minimum atomic E-state index is 0.684. The molecule has 0 aromatic carbocycles. The molecule has 1 aliphatic carbocycles. The summed E-state index contributed by atoms with van der Waals surface area (Å²) in [4.78, 5) is 7.26. The van der Waals surface area contributed by atoms with E-state index >= 15 is 0 Å². The summed E-state index contributed by atoms with van der Waals surface area (Å²) in [5.74, 6) is 2.53. The van der Waals surface area contributed by atoms with Crippen LogP contribution in [-0.2, 0) is 0 Å². The topological polar surface area (TPSA) is 37.9 Å². The van der Waals surface area contributed by atoms with Crippen molar-refractivity contribution in [1.82, 2.24) is 9.97 Å². The number of hydrogen-bond donors (Lipinski definition) is 1. The Hall–Kier alpha value is -0.990. The molecule has 1 N–H and O–H groups in total. The molecule has 1 saturated carbocycles. The molecular weight excluding hydrogens is 128 g/mol. The highest BCUT2D eigenvalue weighted by Gasteiger charge is 2.26. The molecule has 2 rings (SSSR count). The highest BCUT2D eigenvalue weighted by Crippen LogP contribution is 2.38. The van der Waals surface area contributed by atoms with Crippen LogP contribution in [0.3, 0.4) is 0 Å². The first-order chi connectivity index (χ1) is 4.90. The van der Waals surface area contributed by atoms with E-state index in [-0.39, 0.29) is 0 Å². The summed E-state index contributed by atoms with van der Waals surface area (Å²) < 4.78 is 4.95. The predicted octanol–water partition coefficient (Wildman–Crippen LogP) is 1.30. The predicted molar refractivity (Wildman–Crippen MR) is 37.1 cm³/mol. The van der Waals surface area contributed by atoms with Crippen LogP contribution in [-0.4, -0.2) is 17.1 Å². The number of H-pyrrole nitrogens is 1. The van der Waals surface area contributed by atoms with Gasteiger partial charge in [-0.1, -0.05) is 0 Å². The van der Waals surface area contributed by atoms with Crippen LogP contribution in [0.1, 0.15) is 24.6 Å². The fourth-order valence-electron chi connectivity index (χ4n) is 0.987. The van der Waals surface area contributed by atoms with Gasteiger partial charge in [0.2, 0.25) is 5.88 Å². The molecular formula is C7H10N2O. The molecule has 0 spiro atoms. The van der Waals surface area contributed by atoms with Gasteiger partial charge in [0.25, 0.3) is 0 Å². The first-order valence-electron chi connectivity index (χ1n) is 3.49. The Labute approximate surface area is 59.4 Å². The van der Waals surface area contributed by atoms with Gasteiger partial charge in [0.1, 0.15) is 5.82 Å². The van der Waals surface area contributed by atoms with Crippen molar-refractivity contribution in [3.8, 4) is 5.88 Å². The Kier molecular flexibility index (Phi) is 1.16. The van der Waals surface area contributed by atoms with E-state index in [2.05, 4.69) is 9.97 Å². The number of ether oxygens (including phenoxy) is 1. The van der Waals surface area contributed by atoms with Gasteiger partial charge in [0.05, 0.1) is 13.3 Å². The van der Waals surface area contributed by atoms with Crippen molar-refractivity contribution in [2.45, 2.75) is 18.8 Å². The second kappa shape index (κ2) is 2.01.